The zero-order chi connectivity index (χ0) is 14.5. The Hall–Kier alpha value is -0.790. The molecule has 108 valence electrons. The van der Waals surface area contributed by atoms with Crippen LogP contribution in [0.2, 0.25) is 0 Å². The molecule has 19 heavy (non-hydrogen) atoms. The van der Waals surface area contributed by atoms with Gasteiger partial charge in [0.05, 0.1) is 22.5 Å². The highest BCUT2D eigenvalue weighted by Crippen LogP contribution is 2.28. The standard InChI is InChI=1S/C12H19BrN2O3S/c1-4-14-8-9(2)19(16,17)15-10-5-6-11(13)12(7-10)18-3/h5-7,9,14-15H,4,8H2,1-3H3. The molecule has 0 saturated carbocycles. The van der Waals surface area contributed by atoms with E-state index in [-0.39, 0.29) is 0 Å². The van der Waals surface area contributed by atoms with Crippen molar-refractivity contribution in [3.63, 3.8) is 0 Å². The largest absolute Gasteiger partial charge is 0.495 e. The van der Waals surface area contributed by atoms with Crippen LogP contribution in [0.5, 0.6) is 5.75 Å². The monoisotopic (exact) mass is 350 g/mol. The first-order chi connectivity index (χ1) is 8.90. The highest BCUT2D eigenvalue weighted by molar-refractivity contribution is 9.10. The van der Waals surface area contributed by atoms with Gasteiger partial charge in [-0.25, -0.2) is 8.42 Å². The summed E-state index contributed by atoms with van der Waals surface area (Å²) in [6.45, 7) is 4.76. The summed E-state index contributed by atoms with van der Waals surface area (Å²) >= 11 is 3.32. The molecule has 5 nitrogen and oxygen atoms in total. The van der Waals surface area contributed by atoms with Crippen molar-refractivity contribution in [1.82, 2.24) is 5.32 Å². The number of ether oxygens (including phenoxy) is 1. The first-order valence-corrected chi connectivity index (χ1v) is 8.30. The summed E-state index contributed by atoms with van der Waals surface area (Å²) in [6.07, 6.45) is 0. The van der Waals surface area contributed by atoms with E-state index in [0.717, 1.165) is 11.0 Å². The van der Waals surface area contributed by atoms with E-state index < -0.39 is 15.3 Å². The molecule has 0 spiro atoms. The van der Waals surface area contributed by atoms with Crippen LogP contribution in [-0.4, -0.2) is 33.9 Å². The number of rotatable bonds is 7. The fourth-order valence-electron chi connectivity index (χ4n) is 1.45. The van der Waals surface area contributed by atoms with Gasteiger partial charge in [-0.05, 0) is 41.5 Å². The topological polar surface area (TPSA) is 67.4 Å². The number of hydrogen-bond donors (Lipinski definition) is 2. The lowest BCUT2D eigenvalue weighted by Gasteiger charge is -2.15. The number of methoxy groups -OCH3 is 1. The normalized spacial score (nSPS) is 13.1. The van der Waals surface area contributed by atoms with Crippen molar-refractivity contribution < 1.29 is 13.2 Å². The van der Waals surface area contributed by atoms with Crippen molar-refractivity contribution >= 4 is 31.6 Å². The zero-order valence-corrected chi connectivity index (χ0v) is 13.6. The third-order valence-electron chi connectivity index (χ3n) is 2.62. The molecular weight excluding hydrogens is 332 g/mol. The summed E-state index contributed by atoms with van der Waals surface area (Å²) in [5.41, 5.74) is 0.489. The van der Waals surface area contributed by atoms with Crippen molar-refractivity contribution in [1.29, 1.82) is 0 Å². The fourth-order valence-corrected chi connectivity index (χ4v) is 2.85. The second kappa shape index (κ2) is 7.12. The maximum Gasteiger partial charge on any atom is 0.236 e. The van der Waals surface area contributed by atoms with E-state index in [1.54, 1.807) is 25.1 Å². The molecule has 0 aromatic heterocycles. The van der Waals surface area contributed by atoms with Gasteiger partial charge in [-0.1, -0.05) is 6.92 Å². The third kappa shape index (κ3) is 4.67. The van der Waals surface area contributed by atoms with Crippen molar-refractivity contribution in [3.05, 3.63) is 22.7 Å². The zero-order valence-electron chi connectivity index (χ0n) is 11.2. The summed E-state index contributed by atoms with van der Waals surface area (Å²) in [4.78, 5) is 0. The molecule has 0 bridgehead atoms. The second-order valence-electron chi connectivity index (χ2n) is 4.11. The van der Waals surface area contributed by atoms with E-state index in [9.17, 15) is 8.42 Å². The van der Waals surface area contributed by atoms with E-state index in [1.165, 1.54) is 7.11 Å². The molecule has 7 heteroatoms. The van der Waals surface area contributed by atoms with Crippen molar-refractivity contribution in [2.24, 2.45) is 0 Å². The number of benzene rings is 1. The van der Waals surface area contributed by atoms with Gasteiger partial charge in [-0.15, -0.1) is 0 Å². The molecule has 2 N–H and O–H groups in total. The van der Waals surface area contributed by atoms with Crippen LogP contribution in [-0.2, 0) is 10.0 Å². The molecule has 0 saturated heterocycles. The van der Waals surface area contributed by atoms with Crippen LogP contribution in [0.4, 0.5) is 5.69 Å². The minimum absolute atomic E-state index is 0.416. The lowest BCUT2D eigenvalue weighted by Crippen LogP contribution is -2.34. The highest BCUT2D eigenvalue weighted by atomic mass is 79.9. The Morgan fingerprint density at radius 2 is 2.11 bits per heavy atom. The highest BCUT2D eigenvalue weighted by Gasteiger charge is 2.20. The fraction of sp³-hybridized carbons (Fsp3) is 0.500. The molecule has 1 atom stereocenters. The van der Waals surface area contributed by atoms with Crippen LogP contribution in [0, 0.1) is 0 Å². The van der Waals surface area contributed by atoms with Crippen molar-refractivity contribution in [2.45, 2.75) is 19.1 Å². The lowest BCUT2D eigenvalue weighted by molar-refractivity contribution is 0.412. The van der Waals surface area contributed by atoms with E-state index in [0.29, 0.717) is 18.0 Å². The summed E-state index contributed by atoms with van der Waals surface area (Å²) < 4.78 is 32.6. The summed E-state index contributed by atoms with van der Waals surface area (Å²) in [7, 11) is -1.87. The number of hydrogen-bond acceptors (Lipinski definition) is 4. The van der Waals surface area contributed by atoms with Crippen LogP contribution in [0.1, 0.15) is 13.8 Å². The van der Waals surface area contributed by atoms with E-state index >= 15 is 0 Å². The molecule has 0 aliphatic rings. The Labute approximate surface area is 122 Å². The SMILES string of the molecule is CCNCC(C)S(=O)(=O)Nc1ccc(Br)c(OC)c1. The Balaban J connectivity index is 2.83. The predicted molar refractivity (Wildman–Crippen MR) is 81.2 cm³/mol. The van der Waals surface area contributed by atoms with Crippen LogP contribution < -0.4 is 14.8 Å². The first-order valence-electron chi connectivity index (χ1n) is 5.96. The van der Waals surface area contributed by atoms with E-state index in [4.69, 9.17) is 4.74 Å². The quantitative estimate of drug-likeness (QED) is 0.790. The van der Waals surface area contributed by atoms with Gasteiger partial charge in [-0.3, -0.25) is 4.72 Å². The van der Waals surface area contributed by atoms with Crippen LogP contribution in [0.3, 0.4) is 0 Å². The van der Waals surface area contributed by atoms with Crippen molar-refractivity contribution in [3.8, 4) is 5.75 Å². The smallest absolute Gasteiger partial charge is 0.236 e. The van der Waals surface area contributed by atoms with Gasteiger partial charge in [0, 0.05) is 12.6 Å². The number of nitrogens with one attached hydrogen (secondary N) is 2. The molecule has 1 rings (SSSR count). The van der Waals surface area contributed by atoms with Gasteiger partial charge in [-0.2, -0.15) is 0 Å². The summed E-state index contributed by atoms with van der Waals surface area (Å²) in [5, 5.41) is 2.51. The molecule has 1 aromatic carbocycles. The number of halogens is 1. The molecule has 0 amide bonds. The predicted octanol–water partition coefficient (Wildman–Crippen LogP) is 2.20. The lowest BCUT2D eigenvalue weighted by atomic mass is 10.3. The van der Waals surface area contributed by atoms with Crippen LogP contribution >= 0.6 is 15.9 Å². The third-order valence-corrected chi connectivity index (χ3v) is 5.02. The van der Waals surface area contributed by atoms with Gasteiger partial charge in [0.25, 0.3) is 0 Å². The van der Waals surface area contributed by atoms with Gasteiger partial charge in [0.15, 0.2) is 0 Å². The van der Waals surface area contributed by atoms with Crippen LogP contribution in [0.25, 0.3) is 0 Å². The Morgan fingerprint density at radius 3 is 2.68 bits per heavy atom. The maximum absolute atomic E-state index is 12.1. The average Bonchev–Trinajstić information content (AvgIpc) is 2.37. The Kier molecular flexibility index (Phi) is 6.09. The van der Waals surface area contributed by atoms with Crippen LogP contribution in [0.15, 0.2) is 22.7 Å². The molecule has 1 aromatic rings. The van der Waals surface area contributed by atoms with Gasteiger partial charge in [0.1, 0.15) is 5.75 Å². The Morgan fingerprint density at radius 1 is 1.42 bits per heavy atom. The maximum atomic E-state index is 12.1. The molecule has 0 heterocycles. The molecular formula is C12H19BrN2O3S. The minimum Gasteiger partial charge on any atom is -0.495 e. The van der Waals surface area contributed by atoms with E-state index in [2.05, 4.69) is 26.0 Å². The molecule has 0 fully saturated rings. The Bertz CT molecular complexity index is 520. The number of sulfonamides is 1. The van der Waals surface area contributed by atoms with Gasteiger partial charge in [0.2, 0.25) is 10.0 Å². The van der Waals surface area contributed by atoms with Crippen molar-refractivity contribution in [2.75, 3.05) is 24.9 Å². The second-order valence-corrected chi connectivity index (χ2v) is 7.07. The average molecular weight is 351 g/mol. The molecule has 0 aliphatic heterocycles. The molecule has 0 radical (unpaired) electrons. The van der Waals surface area contributed by atoms with E-state index in [1.807, 2.05) is 6.92 Å². The summed E-state index contributed by atoms with van der Waals surface area (Å²) in [6, 6.07) is 5.07. The molecule has 1 unspecified atom stereocenters. The van der Waals surface area contributed by atoms with Gasteiger partial charge < -0.3 is 10.1 Å². The number of anilines is 1. The summed E-state index contributed by atoms with van der Waals surface area (Å²) in [5.74, 6) is 0.583. The first kappa shape index (κ1) is 16.3. The minimum atomic E-state index is -3.41. The van der Waals surface area contributed by atoms with Gasteiger partial charge >= 0.3 is 0 Å². The molecule has 0 aliphatic carbocycles.